The van der Waals surface area contributed by atoms with Gasteiger partial charge in [0.15, 0.2) is 0 Å². The molecule has 0 radical (unpaired) electrons. The van der Waals surface area contributed by atoms with Crippen molar-refractivity contribution >= 4 is 17.7 Å². The number of benzene rings is 3. The molecule has 3 atom stereocenters. The number of nitrogens with one attached hydrogen (secondary N) is 3. The number of para-hydroxylation sites is 1. The van der Waals surface area contributed by atoms with E-state index in [0.717, 1.165) is 29.7 Å². The second-order valence-corrected chi connectivity index (χ2v) is 9.17. The van der Waals surface area contributed by atoms with Gasteiger partial charge in [-0.05, 0) is 35.6 Å². The fourth-order valence-electron chi connectivity index (χ4n) is 4.74. The van der Waals surface area contributed by atoms with Crippen molar-refractivity contribution in [2.75, 3.05) is 25.5 Å². The molecule has 1 aliphatic heterocycles. The Balaban J connectivity index is 1.58. The summed E-state index contributed by atoms with van der Waals surface area (Å²) in [6.07, 6.45) is 6.04. The van der Waals surface area contributed by atoms with E-state index in [4.69, 9.17) is 15.9 Å². The van der Waals surface area contributed by atoms with E-state index in [1.165, 1.54) is 7.11 Å². The minimum Gasteiger partial charge on any atom is -0.453 e. The monoisotopic (exact) mass is 511 g/mol. The zero-order chi connectivity index (χ0) is 26.7. The number of anilines is 1. The zero-order valence-electron chi connectivity index (χ0n) is 21.4. The Labute approximate surface area is 223 Å². The van der Waals surface area contributed by atoms with Crippen LogP contribution < -0.4 is 16.0 Å². The number of methoxy groups -OCH3 is 1. The summed E-state index contributed by atoms with van der Waals surface area (Å²) in [7, 11) is 1.28. The van der Waals surface area contributed by atoms with Crippen molar-refractivity contribution < 1.29 is 19.1 Å². The molecule has 2 amide bonds. The maximum Gasteiger partial charge on any atom is 0.407 e. The normalized spacial score (nSPS) is 17.7. The molecule has 196 valence electrons. The standard InChI is InChI=1S/C31H33N3O4/c1-3-25-20-32-21-26(38-25)19-18-22-12-10-11-17-27(22)33-30(35)29(34-31(36)37-2)28(23-13-6-4-7-14-23)24-15-8-5-9-16-24/h1,4-17,25-26,28-29,32H,18-21H2,2H3,(H,33,35)(H,34,36)/t25-,26+,29-/m0/s1. The Morgan fingerprint density at radius 2 is 1.63 bits per heavy atom. The van der Waals surface area contributed by atoms with E-state index in [1.807, 2.05) is 84.9 Å². The topological polar surface area (TPSA) is 88.7 Å². The summed E-state index contributed by atoms with van der Waals surface area (Å²) < 4.78 is 10.8. The SMILES string of the molecule is C#C[C@H]1CNC[C@@H](CCc2ccccc2NC(=O)[C@@H](NC(=O)OC)C(c2ccccc2)c2ccccc2)O1. The van der Waals surface area contributed by atoms with Gasteiger partial charge in [0.05, 0.1) is 13.2 Å². The average Bonchev–Trinajstić information content (AvgIpc) is 2.97. The van der Waals surface area contributed by atoms with Gasteiger partial charge in [0.1, 0.15) is 12.1 Å². The molecule has 3 aromatic rings. The molecule has 7 heteroatoms. The highest BCUT2D eigenvalue weighted by molar-refractivity contribution is 5.98. The molecule has 0 aromatic heterocycles. The molecule has 1 saturated heterocycles. The molecule has 4 rings (SSSR count). The highest BCUT2D eigenvalue weighted by atomic mass is 16.5. The number of terminal acetylenes is 1. The van der Waals surface area contributed by atoms with Crippen LogP contribution in [0.3, 0.4) is 0 Å². The largest absolute Gasteiger partial charge is 0.453 e. The Morgan fingerprint density at radius 1 is 1.00 bits per heavy atom. The smallest absolute Gasteiger partial charge is 0.407 e. The van der Waals surface area contributed by atoms with Gasteiger partial charge >= 0.3 is 6.09 Å². The molecule has 3 N–H and O–H groups in total. The van der Waals surface area contributed by atoms with Crippen molar-refractivity contribution in [2.45, 2.75) is 37.0 Å². The van der Waals surface area contributed by atoms with Crippen LogP contribution in [0.1, 0.15) is 29.0 Å². The predicted molar refractivity (Wildman–Crippen MR) is 148 cm³/mol. The van der Waals surface area contributed by atoms with E-state index in [9.17, 15) is 9.59 Å². The molecule has 1 aliphatic rings. The summed E-state index contributed by atoms with van der Waals surface area (Å²) >= 11 is 0. The third-order valence-corrected chi connectivity index (χ3v) is 6.65. The first-order valence-electron chi connectivity index (χ1n) is 12.7. The van der Waals surface area contributed by atoms with Crippen LogP contribution in [-0.4, -0.2) is 50.4 Å². The summed E-state index contributed by atoms with van der Waals surface area (Å²) in [6.45, 7) is 1.38. The highest BCUT2D eigenvalue weighted by Crippen LogP contribution is 2.30. The van der Waals surface area contributed by atoms with E-state index in [2.05, 4.69) is 21.9 Å². The molecule has 0 saturated carbocycles. The summed E-state index contributed by atoms with van der Waals surface area (Å²) in [5, 5.41) is 9.16. The maximum atomic E-state index is 13.9. The fraction of sp³-hybridized carbons (Fsp3) is 0.290. The van der Waals surface area contributed by atoms with Crippen molar-refractivity contribution in [2.24, 2.45) is 0 Å². The number of morpholine rings is 1. The first-order chi connectivity index (χ1) is 18.6. The number of ether oxygens (including phenoxy) is 2. The molecule has 7 nitrogen and oxygen atoms in total. The molecule has 1 fully saturated rings. The van der Waals surface area contributed by atoms with Gasteiger partial charge in [-0.3, -0.25) is 4.79 Å². The van der Waals surface area contributed by atoms with Crippen LogP contribution in [0.25, 0.3) is 0 Å². The van der Waals surface area contributed by atoms with Crippen LogP contribution in [0, 0.1) is 12.3 Å². The summed E-state index contributed by atoms with van der Waals surface area (Å²) in [5.41, 5.74) is 3.45. The maximum absolute atomic E-state index is 13.9. The lowest BCUT2D eigenvalue weighted by atomic mass is 9.84. The molecular formula is C31H33N3O4. The van der Waals surface area contributed by atoms with Crippen LogP contribution in [0.15, 0.2) is 84.9 Å². The van der Waals surface area contributed by atoms with Crippen LogP contribution >= 0.6 is 0 Å². The van der Waals surface area contributed by atoms with E-state index in [0.29, 0.717) is 18.7 Å². The van der Waals surface area contributed by atoms with Gasteiger partial charge in [0, 0.05) is 24.7 Å². The Hall–Kier alpha value is -4.12. The van der Waals surface area contributed by atoms with Crippen molar-refractivity contribution in [3.63, 3.8) is 0 Å². The molecule has 1 heterocycles. The van der Waals surface area contributed by atoms with Crippen molar-refractivity contribution in [1.29, 1.82) is 0 Å². The average molecular weight is 512 g/mol. The fourth-order valence-corrected chi connectivity index (χ4v) is 4.74. The zero-order valence-corrected chi connectivity index (χ0v) is 21.4. The van der Waals surface area contributed by atoms with Gasteiger partial charge in [-0.25, -0.2) is 4.79 Å². The molecule has 3 aromatic carbocycles. The minimum atomic E-state index is -0.928. The Kier molecular flexibility index (Phi) is 9.52. The second kappa shape index (κ2) is 13.4. The lowest BCUT2D eigenvalue weighted by Gasteiger charge is -2.29. The Morgan fingerprint density at radius 3 is 2.26 bits per heavy atom. The summed E-state index contributed by atoms with van der Waals surface area (Å²) in [6, 6.07) is 26.1. The number of alkyl carbamates (subject to hydrolysis) is 1. The van der Waals surface area contributed by atoms with E-state index >= 15 is 0 Å². The summed E-state index contributed by atoms with van der Waals surface area (Å²) in [4.78, 5) is 26.2. The lowest BCUT2D eigenvalue weighted by Crippen LogP contribution is -2.48. The van der Waals surface area contributed by atoms with Crippen LogP contribution in [0.5, 0.6) is 0 Å². The number of rotatable bonds is 9. The number of hydrogen-bond donors (Lipinski definition) is 3. The summed E-state index contributed by atoms with van der Waals surface area (Å²) in [5.74, 6) is 1.87. The number of amides is 2. The van der Waals surface area contributed by atoms with Crippen LogP contribution in [0.2, 0.25) is 0 Å². The first kappa shape index (κ1) is 26.9. The van der Waals surface area contributed by atoms with E-state index in [-0.39, 0.29) is 18.1 Å². The van der Waals surface area contributed by atoms with Crippen LogP contribution in [0.4, 0.5) is 10.5 Å². The number of carbonyl (C=O) groups is 2. The van der Waals surface area contributed by atoms with Gasteiger partial charge in [0.2, 0.25) is 5.91 Å². The van der Waals surface area contributed by atoms with Gasteiger partial charge in [-0.2, -0.15) is 0 Å². The second-order valence-electron chi connectivity index (χ2n) is 9.17. The van der Waals surface area contributed by atoms with Crippen LogP contribution in [-0.2, 0) is 20.7 Å². The predicted octanol–water partition coefficient (Wildman–Crippen LogP) is 4.10. The molecule has 0 aliphatic carbocycles. The highest BCUT2D eigenvalue weighted by Gasteiger charge is 2.33. The van der Waals surface area contributed by atoms with Crippen molar-refractivity contribution in [3.05, 3.63) is 102 Å². The third-order valence-electron chi connectivity index (χ3n) is 6.65. The van der Waals surface area contributed by atoms with Gasteiger partial charge < -0.3 is 25.4 Å². The first-order valence-corrected chi connectivity index (χ1v) is 12.7. The quantitative estimate of drug-likeness (QED) is 0.377. The van der Waals surface area contributed by atoms with Gasteiger partial charge in [0.25, 0.3) is 0 Å². The number of carbonyl (C=O) groups excluding carboxylic acids is 2. The molecular weight excluding hydrogens is 478 g/mol. The number of aryl methyl sites for hydroxylation is 1. The van der Waals surface area contributed by atoms with Crippen molar-refractivity contribution in [1.82, 2.24) is 10.6 Å². The lowest BCUT2D eigenvalue weighted by molar-refractivity contribution is -0.118. The van der Waals surface area contributed by atoms with E-state index in [1.54, 1.807) is 0 Å². The molecule has 0 unspecified atom stereocenters. The van der Waals surface area contributed by atoms with Gasteiger partial charge in [-0.1, -0.05) is 84.8 Å². The third kappa shape index (κ3) is 7.00. The van der Waals surface area contributed by atoms with Gasteiger partial charge in [-0.15, -0.1) is 6.42 Å². The molecule has 0 spiro atoms. The van der Waals surface area contributed by atoms with E-state index < -0.39 is 18.1 Å². The van der Waals surface area contributed by atoms with Crippen molar-refractivity contribution in [3.8, 4) is 12.3 Å². The molecule has 38 heavy (non-hydrogen) atoms. The Bertz CT molecular complexity index is 1200. The number of hydrogen-bond acceptors (Lipinski definition) is 5. The molecule has 0 bridgehead atoms. The minimum absolute atomic E-state index is 0.0113.